The third-order valence-electron chi connectivity index (χ3n) is 3.18. The quantitative estimate of drug-likeness (QED) is 0.835. The van der Waals surface area contributed by atoms with Gasteiger partial charge in [-0.15, -0.1) is 10.2 Å². The predicted molar refractivity (Wildman–Crippen MR) is 86.8 cm³/mol. The molecule has 0 aliphatic carbocycles. The summed E-state index contributed by atoms with van der Waals surface area (Å²) in [6, 6.07) is 8.99. The topological polar surface area (TPSA) is 73.3 Å². The zero-order valence-corrected chi connectivity index (χ0v) is 13.9. The minimum atomic E-state index is -0.292. The van der Waals surface area contributed by atoms with Gasteiger partial charge in [-0.1, -0.05) is 29.4 Å². The summed E-state index contributed by atoms with van der Waals surface area (Å²) in [5.41, 5.74) is 0.950. The van der Waals surface area contributed by atoms with Crippen molar-refractivity contribution in [2.75, 3.05) is 6.79 Å². The van der Waals surface area contributed by atoms with Gasteiger partial charge in [-0.2, -0.15) is 0 Å². The fraction of sp³-hybridized carbons (Fsp3) is 0.267. The zero-order chi connectivity index (χ0) is 16.2. The van der Waals surface area contributed by atoms with Gasteiger partial charge in [0, 0.05) is 6.54 Å². The van der Waals surface area contributed by atoms with E-state index >= 15 is 0 Å². The van der Waals surface area contributed by atoms with E-state index in [2.05, 4.69) is 15.5 Å². The molecule has 0 saturated heterocycles. The van der Waals surface area contributed by atoms with Crippen molar-refractivity contribution in [2.24, 2.45) is 0 Å². The summed E-state index contributed by atoms with van der Waals surface area (Å²) >= 11 is 7.01. The predicted octanol–water partition coefficient (Wildman–Crippen LogP) is 2.66. The van der Waals surface area contributed by atoms with Gasteiger partial charge in [0.15, 0.2) is 16.7 Å². The van der Waals surface area contributed by atoms with Gasteiger partial charge in [-0.3, -0.25) is 4.79 Å². The summed E-state index contributed by atoms with van der Waals surface area (Å²) in [5, 5.41) is 11.3. The molecule has 8 heteroatoms. The highest BCUT2D eigenvalue weighted by molar-refractivity contribution is 8.00. The molecule has 0 saturated carbocycles. The lowest BCUT2D eigenvalue weighted by molar-refractivity contribution is -0.120. The smallest absolute Gasteiger partial charge is 0.233 e. The van der Waals surface area contributed by atoms with Crippen LogP contribution in [0.1, 0.15) is 12.5 Å². The van der Waals surface area contributed by atoms with E-state index in [1.807, 2.05) is 25.1 Å². The molecule has 0 bridgehead atoms. The zero-order valence-electron chi connectivity index (χ0n) is 12.3. The summed E-state index contributed by atoms with van der Waals surface area (Å²) < 4.78 is 10.6. The van der Waals surface area contributed by atoms with Crippen molar-refractivity contribution in [3.63, 3.8) is 0 Å². The average Bonchev–Trinajstić information content (AvgIpc) is 3.02. The average molecular weight is 352 g/mol. The normalized spacial score (nSPS) is 13.7. The van der Waals surface area contributed by atoms with E-state index in [1.165, 1.54) is 11.8 Å². The standard InChI is InChI=1S/C15H14ClN3O3S/c1-9(23-14-5-4-13(16)18-19-14)15(20)17-7-10-2-3-11-12(6-10)22-8-21-11/h2-6,9H,7-8H2,1H3,(H,17,20). The van der Waals surface area contributed by atoms with E-state index < -0.39 is 0 Å². The first-order valence-corrected chi connectivity index (χ1v) is 8.20. The molecular formula is C15H14ClN3O3S. The van der Waals surface area contributed by atoms with E-state index in [9.17, 15) is 4.79 Å². The van der Waals surface area contributed by atoms with E-state index in [-0.39, 0.29) is 18.0 Å². The molecule has 1 aliphatic heterocycles. The number of thioether (sulfide) groups is 1. The Bertz CT molecular complexity index is 712. The number of halogens is 1. The summed E-state index contributed by atoms with van der Waals surface area (Å²) in [6.07, 6.45) is 0. The number of aromatic nitrogens is 2. The lowest BCUT2D eigenvalue weighted by Crippen LogP contribution is -2.30. The van der Waals surface area contributed by atoms with E-state index in [0.29, 0.717) is 22.5 Å². The Labute approximate surface area is 142 Å². The number of amides is 1. The Balaban J connectivity index is 1.53. The first-order valence-electron chi connectivity index (χ1n) is 6.94. The van der Waals surface area contributed by atoms with Crippen LogP contribution >= 0.6 is 23.4 Å². The number of hydrogen-bond donors (Lipinski definition) is 1. The first-order chi connectivity index (χ1) is 11.1. The maximum absolute atomic E-state index is 12.2. The first kappa shape index (κ1) is 15.9. The highest BCUT2D eigenvalue weighted by atomic mass is 35.5. The number of carbonyl (C=O) groups is 1. The van der Waals surface area contributed by atoms with Gasteiger partial charge in [0.2, 0.25) is 12.7 Å². The van der Waals surface area contributed by atoms with E-state index in [4.69, 9.17) is 21.1 Å². The van der Waals surface area contributed by atoms with Crippen LogP contribution in [0.5, 0.6) is 11.5 Å². The van der Waals surface area contributed by atoms with Crippen LogP contribution in [-0.4, -0.2) is 28.1 Å². The second-order valence-electron chi connectivity index (χ2n) is 4.86. The number of carbonyl (C=O) groups excluding carboxylic acids is 1. The lowest BCUT2D eigenvalue weighted by Gasteiger charge is -2.11. The van der Waals surface area contributed by atoms with Crippen molar-refractivity contribution in [3.8, 4) is 11.5 Å². The third kappa shape index (κ3) is 4.05. The van der Waals surface area contributed by atoms with Gasteiger partial charge < -0.3 is 14.8 Å². The van der Waals surface area contributed by atoms with Crippen LogP contribution in [0.2, 0.25) is 5.15 Å². The molecule has 1 amide bonds. The molecule has 0 spiro atoms. The van der Waals surface area contributed by atoms with Gasteiger partial charge in [-0.25, -0.2) is 0 Å². The number of nitrogens with one attached hydrogen (secondary N) is 1. The van der Waals surface area contributed by atoms with Crippen LogP contribution in [0.25, 0.3) is 0 Å². The van der Waals surface area contributed by atoms with Gasteiger partial charge >= 0.3 is 0 Å². The van der Waals surface area contributed by atoms with Crippen molar-refractivity contribution >= 4 is 29.3 Å². The molecule has 120 valence electrons. The minimum absolute atomic E-state index is 0.0792. The number of ether oxygens (including phenoxy) is 2. The molecule has 2 heterocycles. The monoisotopic (exact) mass is 351 g/mol. The molecular weight excluding hydrogens is 338 g/mol. The second-order valence-corrected chi connectivity index (χ2v) is 6.61. The lowest BCUT2D eigenvalue weighted by atomic mass is 10.2. The summed E-state index contributed by atoms with van der Waals surface area (Å²) in [5.74, 6) is 1.35. The van der Waals surface area contributed by atoms with Gasteiger partial charge in [0.1, 0.15) is 5.03 Å². The molecule has 2 aromatic rings. The molecule has 23 heavy (non-hydrogen) atoms. The number of rotatable bonds is 5. The second kappa shape index (κ2) is 7.06. The van der Waals surface area contributed by atoms with Crippen LogP contribution in [0, 0.1) is 0 Å². The fourth-order valence-electron chi connectivity index (χ4n) is 1.99. The van der Waals surface area contributed by atoms with Gasteiger partial charge in [0.25, 0.3) is 0 Å². The molecule has 1 atom stereocenters. The Hall–Kier alpha value is -1.99. The number of benzene rings is 1. The molecule has 1 unspecified atom stereocenters. The Kier molecular flexibility index (Phi) is 4.88. The largest absolute Gasteiger partial charge is 0.454 e. The Morgan fingerprint density at radius 3 is 2.91 bits per heavy atom. The maximum Gasteiger partial charge on any atom is 0.233 e. The number of hydrogen-bond acceptors (Lipinski definition) is 6. The van der Waals surface area contributed by atoms with E-state index in [1.54, 1.807) is 12.1 Å². The minimum Gasteiger partial charge on any atom is -0.454 e. The van der Waals surface area contributed by atoms with Crippen LogP contribution < -0.4 is 14.8 Å². The number of fused-ring (bicyclic) bond motifs is 1. The molecule has 1 aromatic carbocycles. The van der Waals surface area contributed by atoms with Crippen LogP contribution in [-0.2, 0) is 11.3 Å². The van der Waals surface area contributed by atoms with Crippen molar-refractivity contribution in [1.82, 2.24) is 15.5 Å². The summed E-state index contributed by atoms with van der Waals surface area (Å²) in [7, 11) is 0. The summed E-state index contributed by atoms with van der Waals surface area (Å²) in [4.78, 5) is 12.2. The van der Waals surface area contributed by atoms with Crippen molar-refractivity contribution in [1.29, 1.82) is 0 Å². The van der Waals surface area contributed by atoms with Crippen molar-refractivity contribution < 1.29 is 14.3 Å². The molecule has 1 N–H and O–H groups in total. The van der Waals surface area contributed by atoms with Crippen LogP contribution in [0.4, 0.5) is 0 Å². The van der Waals surface area contributed by atoms with Crippen LogP contribution in [0.3, 0.4) is 0 Å². The van der Waals surface area contributed by atoms with Gasteiger partial charge in [0.05, 0.1) is 5.25 Å². The molecule has 1 aromatic heterocycles. The molecule has 0 fully saturated rings. The highest BCUT2D eigenvalue weighted by Gasteiger charge is 2.17. The van der Waals surface area contributed by atoms with Gasteiger partial charge in [-0.05, 0) is 36.8 Å². The summed E-state index contributed by atoms with van der Waals surface area (Å²) in [6.45, 7) is 2.48. The van der Waals surface area contributed by atoms with E-state index in [0.717, 1.165) is 11.3 Å². The number of nitrogens with zero attached hydrogens (tertiary/aromatic N) is 2. The maximum atomic E-state index is 12.2. The molecule has 1 aliphatic rings. The molecule has 3 rings (SSSR count). The SMILES string of the molecule is CC(Sc1ccc(Cl)nn1)C(=O)NCc1ccc2c(c1)OCO2. The molecule has 6 nitrogen and oxygen atoms in total. The van der Waals surface area contributed by atoms with Crippen molar-refractivity contribution in [2.45, 2.75) is 23.7 Å². The molecule has 0 radical (unpaired) electrons. The fourth-order valence-corrected chi connectivity index (χ4v) is 2.87. The van der Waals surface area contributed by atoms with Crippen molar-refractivity contribution in [3.05, 3.63) is 41.0 Å². The third-order valence-corrected chi connectivity index (χ3v) is 4.41. The van der Waals surface area contributed by atoms with Crippen LogP contribution in [0.15, 0.2) is 35.4 Å². The highest BCUT2D eigenvalue weighted by Crippen LogP contribution is 2.32. The Morgan fingerprint density at radius 1 is 1.30 bits per heavy atom. The Morgan fingerprint density at radius 2 is 2.13 bits per heavy atom.